The monoisotopic (exact) mass is 325 g/mol. The Morgan fingerprint density at radius 1 is 1.04 bits per heavy atom. The molecule has 0 saturated carbocycles. The summed E-state index contributed by atoms with van der Waals surface area (Å²) in [6.45, 7) is 4.73. The largest absolute Gasteiger partial charge is 0.381 e. The first-order chi connectivity index (χ1) is 11.0. The second kappa shape index (κ2) is 6.31. The number of halogens is 3. The SMILES string of the molecule is Cc1nc(C)c2c(F)c(F)c(NCC3CCOCC3)c(F)c2n1. The molecule has 23 heavy (non-hydrogen) atoms. The molecule has 0 radical (unpaired) electrons. The molecule has 1 N–H and O–H groups in total. The van der Waals surface area contributed by atoms with Crippen molar-refractivity contribution < 1.29 is 17.9 Å². The molecule has 2 aromatic rings. The summed E-state index contributed by atoms with van der Waals surface area (Å²) in [5.41, 5.74) is -0.429. The number of aryl methyl sites for hydroxylation is 2. The second-order valence-electron chi connectivity index (χ2n) is 5.83. The standard InChI is InChI=1S/C16H18F3N3O/c1-8-11-12(17)13(18)16(14(19)15(11)22-9(2)21-8)20-7-10-3-5-23-6-4-10/h10,20H,3-7H2,1-2H3. The third-order valence-electron chi connectivity index (χ3n) is 4.17. The predicted octanol–water partition coefficient (Wildman–Crippen LogP) is 3.50. The van der Waals surface area contributed by atoms with Crippen molar-refractivity contribution >= 4 is 16.6 Å². The highest BCUT2D eigenvalue weighted by molar-refractivity contribution is 5.86. The van der Waals surface area contributed by atoms with Crippen LogP contribution in [0.5, 0.6) is 0 Å². The zero-order chi connectivity index (χ0) is 16.6. The van der Waals surface area contributed by atoms with Crippen molar-refractivity contribution in [1.29, 1.82) is 0 Å². The Morgan fingerprint density at radius 3 is 2.43 bits per heavy atom. The molecule has 1 aliphatic rings. The molecule has 1 aromatic carbocycles. The van der Waals surface area contributed by atoms with Gasteiger partial charge in [0, 0.05) is 19.8 Å². The van der Waals surface area contributed by atoms with Gasteiger partial charge in [-0.3, -0.25) is 0 Å². The highest BCUT2D eigenvalue weighted by Gasteiger charge is 2.24. The van der Waals surface area contributed by atoms with Gasteiger partial charge in [-0.25, -0.2) is 23.1 Å². The predicted molar refractivity (Wildman–Crippen MR) is 80.9 cm³/mol. The molecule has 1 saturated heterocycles. The van der Waals surface area contributed by atoms with E-state index in [-0.39, 0.29) is 22.5 Å². The van der Waals surface area contributed by atoms with Gasteiger partial charge in [0.05, 0.1) is 11.1 Å². The third-order valence-corrected chi connectivity index (χ3v) is 4.17. The molecule has 0 aliphatic carbocycles. The van der Waals surface area contributed by atoms with E-state index in [9.17, 15) is 13.2 Å². The number of rotatable bonds is 3. The van der Waals surface area contributed by atoms with Gasteiger partial charge in [0.1, 0.15) is 17.0 Å². The summed E-state index contributed by atoms with van der Waals surface area (Å²) in [5.74, 6) is -2.66. The zero-order valence-electron chi connectivity index (χ0n) is 13.0. The van der Waals surface area contributed by atoms with Gasteiger partial charge >= 0.3 is 0 Å². The van der Waals surface area contributed by atoms with E-state index in [0.29, 0.717) is 25.6 Å². The van der Waals surface area contributed by atoms with E-state index >= 15 is 0 Å². The van der Waals surface area contributed by atoms with Crippen LogP contribution in [-0.2, 0) is 4.74 Å². The average Bonchev–Trinajstić information content (AvgIpc) is 2.53. The summed E-state index contributed by atoms with van der Waals surface area (Å²) in [6.07, 6.45) is 1.62. The van der Waals surface area contributed by atoms with Crippen LogP contribution in [0.3, 0.4) is 0 Å². The zero-order valence-corrected chi connectivity index (χ0v) is 13.0. The van der Waals surface area contributed by atoms with Gasteiger partial charge in [-0.05, 0) is 32.6 Å². The molecule has 0 atom stereocenters. The Hall–Kier alpha value is -1.89. The minimum absolute atomic E-state index is 0.191. The van der Waals surface area contributed by atoms with Gasteiger partial charge in [-0.2, -0.15) is 0 Å². The summed E-state index contributed by atoms with van der Waals surface area (Å²) >= 11 is 0. The molecule has 1 aliphatic heterocycles. The lowest BCUT2D eigenvalue weighted by molar-refractivity contribution is 0.0699. The van der Waals surface area contributed by atoms with Crippen molar-refractivity contribution in [2.75, 3.05) is 25.1 Å². The van der Waals surface area contributed by atoms with Crippen LogP contribution in [0.2, 0.25) is 0 Å². The lowest BCUT2D eigenvalue weighted by atomic mass is 10.0. The normalized spacial score (nSPS) is 16.0. The smallest absolute Gasteiger partial charge is 0.185 e. The summed E-state index contributed by atoms with van der Waals surface area (Å²) in [6, 6.07) is 0. The summed E-state index contributed by atoms with van der Waals surface area (Å²) < 4.78 is 48.5. The molecule has 7 heteroatoms. The molecule has 124 valence electrons. The van der Waals surface area contributed by atoms with Gasteiger partial charge in [-0.1, -0.05) is 0 Å². The van der Waals surface area contributed by atoms with E-state index in [1.165, 1.54) is 6.92 Å². The van der Waals surface area contributed by atoms with Crippen LogP contribution in [-0.4, -0.2) is 29.7 Å². The minimum atomic E-state index is -1.22. The third kappa shape index (κ3) is 2.97. The van der Waals surface area contributed by atoms with E-state index in [1.807, 2.05) is 0 Å². The Bertz CT molecular complexity index is 745. The first kappa shape index (κ1) is 16.0. The van der Waals surface area contributed by atoms with Crippen LogP contribution in [0.4, 0.5) is 18.9 Å². The summed E-state index contributed by atoms with van der Waals surface area (Å²) in [4.78, 5) is 7.92. The Balaban J connectivity index is 1.99. The van der Waals surface area contributed by atoms with Crippen molar-refractivity contribution in [1.82, 2.24) is 9.97 Å². The molecule has 0 unspecified atom stereocenters. The van der Waals surface area contributed by atoms with Crippen LogP contribution >= 0.6 is 0 Å². The summed E-state index contributed by atoms with van der Waals surface area (Å²) in [5, 5.41) is 2.51. The molecule has 2 heterocycles. The van der Waals surface area contributed by atoms with Gasteiger partial charge in [0.25, 0.3) is 0 Å². The molecular formula is C16H18F3N3O. The second-order valence-corrected chi connectivity index (χ2v) is 5.83. The van der Waals surface area contributed by atoms with E-state index in [2.05, 4.69) is 15.3 Å². The summed E-state index contributed by atoms with van der Waals surface area (Å²) in [7, 11) is 0. The van der Waals surface area contributed by atoms with Crippen molar-refractivity contribution in [3.8, 4) is 0 Å². The van der Waals surface area contributed by atoms with Crippen LogP contribution < -0.4 is 5.32 Å². The highest BCUT2D eigenvalue weighted by atomic mass is 19.2. The molecule has 4 nitrogen and oxygen atoms in total. The number of ether oxygens (including phenoxy) is 1. The quantitative estimate of drug-likeness (QED) is 0.878. The Labute approximate surface area is 132 Å². The van der Waals surface area contributed by atoms with Gasteiger partial charge < -0.3 is 10.1 Å². The molecule has 0 spiro atoms. The number of aromatic nitrogens is 2. The van der Waals surface area contributed by atoms with Crippen molar-refractivity contribution in [3.63, 3.8) is 0 Å². The van der Waals surface area contributed by atoms with Crippen LogP contribution in [0.15, 0.2) is 0 Å². The molecule has 0 amide bonds. The number of anilines is 1. The Kier molecular flexibility index (Phi) is 4.39. The number of nitrogens with zero attached hydrogens (tertiary/aromatic N) is 2. The fourth-order valence-corrected chi connectivity index (χ4v) is 2.92. The van der Waals surface area contributed by atoms with Crippen LogP contribution in [0, 0.1) is 37.2 Å². The van der Waals surface area contributed by atoms with Gasteiger partial charge in [0.2, 0.25) is 0 Å². The topological polar surface area (TPSA) is 47.0 Å². The lowest BCUT2D eigenvalue weighted by Crippen LogP contribution is -2.23. The van der Waals surface area contributed by atoms with Crippen LogP contribution in [0.1, 0.15) is 24.4 Å². The molecular weight excluding hydrogens is 307 g/mol. The average molecular weight is 325 g/mol. The number of nitrogens with one attached hydrogen (secondary N) is 1. The maximum Gasteiger partial charge on any atom is 0.185 e. The number of hydrogen-bond donors (Lipinski definition) is 1. The Morgan fingerprint density at radius 2 is 1.74 bits per heavy atom. The van der Waals surface area contributed by atoms with Gasteiger partial charge in [-0.15, -0.1) is 0 Å². The first-order valence-electron chi connectivity index (χ1n) is 7.62. The van der Waals surface area contributed by atoms with E-state index in [1.54, 1.807) is 6.92 Å². The maximum atomic E-state index is 14.6. The van der Waals surface area contributed by atoms with E-state index < -0.39 is 23.1 Å². The molecule has 3 rings (SSSR count). The fourth-order valence-electron chi connectivity index (χ4n) is 2.92. The minimum Gasteiger partial charge on any atom is -0.381 e. The molecule has 0 bridgehead atoms. The lowest BCUT2D eigenvalue weighted by Gasteiger charge is -2.23. The van der Waals surface area contributed by atoms with Crippen LogP contribution in [0.25, 0.3) is 10.9 Å². The molecule has 1 fully saturated rings. The highest BCUT2D eigenvalue weighted by Crippen LogP contribution is 2.32. The number of hydrogen-bond acceptors (Lipinski definition) is 4. The molecule has 1 aromatic heterocycles. The van der Waals surface area contributed by atoms with Crippen molar-refractivity contribution in [2.24, 2.45) is 5.92 Å². The number of benzene rings is 1. The van der Waals surface area contributed by atoms with Crippen molar-refractivity contribution in [2.45, 2.75) is 26.7 Å². The van der Waals surface area contributed by atoms with Gasteiger partial charge in [0.15, 0.2) is 17.5 Å². The first-order valence-corrected chi connectivity index (χ1v) is 7.62. The van der Waals surface area contributed by atoms with E-state index in [4.69, 9.17) is 4.74 Å². The fraction of sp³-hybridized carbons (Fsp3) is 0.500. The maximum absolute atomic E-state index is 14.6. The van der Waals surface area contributed by atoms with E-state index in [0.717, 1.165) is 12.8 Å². The van der Waals surface area contributed by atoms with Crippen molar-refractivity contribution in [3.05, 3.63) is 29.0 Å². The number of fused-ring (bicyclic) bond motifs is 1.